The fourth-order valence-electron chi connectivity index (χ4n) is 2.23. The average molecular weight is 466 g/mol. The van der Waals surface area contributed by atoms with Gasteiger partial charge >= 0.3 is 5.97 Å². The Morgan fingerprint density at radius 3 is 2.70 bits per heavy atom. The van der Waals surface area contributed by atoms with Crippen LogP contribution < -0.4 is 5.32 Å². The van der Waals surface area contributed by atoms with Gasteiger partial charge in [0.25, 0.3) is 5.91 Å². The Morgan fingerprint density at radius 2 is 1.96 bits per heavy atom. The third kappa shape index (κ3) is 5.89. The first-order valence-corrected chi connectivity index (χ1v) is 9.96. The lowest BCUT2D eigenvalue weighted by Crippen LogP contribution is -2.21. The van der Waals surface area contributed by atoms with Crippen LogP contribution in [0.4, 0.5) is 5.13 Å². The molecular weight excluding hydrogens is 452 g/mol. The predicted molar refractivity (Wildman–Crippen MR) is 110 cm³/mol. The molecule has 27 heavy (non-hydrogen) atoms. The van der Waals surface area contributed by atoms with Gasteiger partial charge in [-0.25, -0.2) is 4.98 Å². The van der Waals surface area contributed by atoms with E-state index in [0.717, 1.165) is 21.3 Å². The number of anilines is 1. The number of thiazole rings is 1. The summed E-state index contributed by atoms with van der Waals surface area (Å²) in [6.45, 7) is -0.363. The van der Waals surface area contributed by atoms with Crippen molar-refractivity contribution >= 4 is 55.9 Å². The molecule has 0 saturated carbocycles. The van der Waals surface area contributed by atoms with Crippen LogP contribution in [0.1, 0.15) is 5.56 Å². The van der Waals surface area contributed by atoms with E-state index >= 15 is 0 Å². The van der Waals surface area contributed by atoms with Crippen molar-refractivity contribution < 1.29 is 14.3 Å². The van der Waals surface area contributed by atoms with Gasteiger partial charge in [-0.3, -0.25) is 14.9 Å². The molecule has 0 aliphatic carbocycles. The monoisotopic (exact) mass is 464 g/mol. The van der Waals surface area contributed by atoms with Crippen molar-refractivity contribution in [3.8, 4) is 11.3 Å². The van der Waals surface area contributed by atoms with E-state index in [2.05, 4.69) is 26.2 Å². The first-order chi connectivity index (χ1) is 13.0. The predicted octanol–water partition coefficient (Wildman–Crippen LogP) is 4.95. The molecule has 0 spiro atoms. The van der Waals surface area contributed by atoms with E-state index in [4.69, 9.17) is 16.3 Å². The lowest BCUT2D eigenvalue weighted by molar-refractivity contribution is -0.146. The normalized spacial score (nSPS) is 10.4. The number of aromatic nitrogens is 1. The van der Waals surface area contributed by atoms with Crippen molar-refractivity contribution in [3.63, 3.8) is 0 Å². The van der Waals surface area contributed by atoms with Crippen molar-refractivity contribution in [1.82, 2.24) is 4.98 Å². The quantitative estimate of drug-likeness (QED) is 0.523. The van der Waals surface area contributed by atoms with Gasteiger partial charge in [0, 0.05) is 20.4 Å². The van der Waals surface area contributed by atoms with E-state index in [1.165, 1.54) is 11.3 Å². The van der Waals surface area contributed by atoms with Gasteiger partial charge in [0.15, 0.2) is 11.7 Å². The molecule has 2 aromatic carbocycles. The number of nitrogens with one attached hydrogen (secondary N) is 1. The lowest BCUT2D eigenvalue weighted by Gasteiger charge is -2.05. The summed E-state index contributed by atoms with van der Waals surface area (Å²) in [5.74, 6) is -0.920. The number of esters is 1. The van der Waals surface area contributed by atoms with Gasteiger partial charge in [-0.2, -0.15) is 0 Å². The first kappa shape index (κ1) is 19.5. The molecule has 1 amide bonds. The standard InChI is InChI=1S/C19H14BrClN2O3S/c20-14-3-1-2-13(9-14)16-11-27-19(22-16)23-17(24)10-26-18(25)8-12-4-6-15(21)7-5-12/h1-7,9,11H,8,10H2,(H,22,23,24). The van der Waals surface area contributed by atoms with Crippen LogP contribution in [0.3, 0.4) is 0 Å². The van der Waals surface area contributed by atoms with E-state index in [1.807, 2.05) is 29.6 Å². The molecule has 8 heteroatoms. The Balaban J connectivity index is 1.49. The Labute approximate surface area is 173 Å². The van der Waals surface area contributed by atoms with Crippen LogP contribution in [0.15, 0.2) is 58.4 Å². The molecule has 0 aliphatic heterocycles. The van der Waals surface area contributed by atoms with Gasteiger partial charge in [0.2, 0.25) is 0 Å². The van der Waals surface area contributed by atoms with Crippen LogP contribution in [0.2, 0.25) is 5.02 Å². The molecule has 0 radical (unpaired) electrons. The third-order valence-electron chi connectivity index (χ3n) is 3.50. The largest absolute Gasteiger partial charge is 0.455 e. The number of ether oxygens (including phenoxy) is 1. The second kappa shape index (κ2) is 9.12. The minimum Gasteiger partial charge on any atom is -0.455 e. The summed E-state index contributed by atoms with van der Waals surface area (Å²) in [5.41, 5.74) is 2.47. The molecule has 1 N–H and O–H groups in total. The fourth-order valence-corrected chi connectivity index (χ4v) is 3.49. The van der Waals surface area contributed by atoms with Crippen molar-refractivity contribution in [1.29, 1.82) is 0 Å². The van der Waals surface area contributed by atoms with Crippen LogP contribution in [0.5, 0.6) is 0 Å². The highest BCUT2D eigenvalue weighted by Crippen LogP contribution is 2.26. The van der Waals surface area contributed by atoms with E-state index in [1.54, 1.807) is 24.3 Å². The zero-order valence-corrected chi connectivity index (χ0v) is 17.1. The fraction of sp³-hybridized carbons (Fsp3) is 0.105. The van der Waals surface area contributed by atoms with E-state index in [9.17, 15) is 9.59 Å². The molecular formula is C19H14BrClN2O3S. The van der Waals surface area contributed by atoms with Gasteiger partial charge in [-0.1, -0.05) is 51.8 Å². The van der Waals surface area contributed by atoms with Crippen molar-refractivity contribution in [2.24, 2.45) is 0 Å². The summed E-state index contributed by atoms with van der Waals surface area (Å²) in [5, 5.41) is 5.53. The molecule has 0 unspecified atom stereocenters. The van der Waals surface area contributed by atoms with E-state index in [-0.39, 0.29) is 13.0 Å². The van der Waals surface area contributed by atoms with Gasteiger partial charge in [0.1, 0.15) is 0 Å². The number of halogens is 2. The van der Waals surface area contributed by atoms with Crippen LogP contribution in [0, 0.1) is 0 Å². The third-order valence-corrected chi connectivity index (χ3v) is 5.00. The molecule has 0 atom stereocenters. The summed E-state index contributed by atoms with van der Waals surface area (Å²) in [7, 11) is 0. The van der Waals surface area contributed by atoms with Gasteiger partial charge < -0.3 is 4.74 Å². The van der Waals surface area contributed by atoms with Crippen molar-refractivity contribution in [3.05, 3.63) is 69.0 Å². The highest BCUT2D eigenvalue weighted by Gasteiger charge is 2.11. The molecule has 3 aromatic rings. The maximum absolute atomic E-state index is 12.0. The lowest BCUT2D eigenvalue weighted by atomic mass is 10.1. The van der Waals surface area contributed by atoms with Crippen LogP contribution in [-0.4, -0.2) is 23.5 Å². The molecule has 0 fully saturated rings. The minimum atomic E-state index is -0.485. The van der Waals surface area contributed by atoms with Crippen molar-refractivity contribution in [2.45, 2.75) is 6.42 Å². The maximum Gasteiger partial charge on any atom is 0.310 e. The zero-order chi connectivity index (χ0) is 19.2. The first-order valence-electron chi connectivity index (χ1n) is 7.91. The Hall–Kier alpha value is -2.22. The van der Waals surface area contributed by atoms with E-state index in [0.29, 0.717) is 10.2 Å². The summed E-state index contributed by atoms with van der Waals surface area (Å²) < 4.78 is 5.95. The Kier molecular flexibility index (Phi) is 6.60. The average Bonchev–Trinajstić information content (AvgIpc) is 3.10. The van der Waals surface area contributed by atoms with Gasteiger partial charge in [-0.15, -0.1) is 11.3 Å². The number of rotatable bonds is 6. The second-order valence-corrected chi connectivity index (χ2v) is 7.77. The number of carbonyl (C=O) groups is 2. The topological polar surface area (TPSA) is 68.3 Å². The number of hydrogen-bond acceptors (Lipinski definition) is 5. The van der Waals surface area contributed by atoms with E-state index < -0.39 is 11.9 Å². The smallest absolute Gasteiger partial charge is 0.310 e. The van der Waals surface area contributed by atoms with Crippen molar-refractivity contribution in [2.75, 3.05) is 11.9 Å². The number of amides is 1. The summed E-state index contributed by atoms with van der Waals surface area (Å²) in [6, 6.07) is 14.6. The Bertz CT molecular complexity index is 960. The number of carbonyl (C=O) groups excluding carboxylic acids is 2. The minimum absolute atomic E-state index is 0.0781. The molecule has 0 aliphatic rings. The second-order valence-electron chi connectivity index (χ2n) is 5.56. The van der Waals surface area contributed by atoms with Gasteiger partial charge in [-0.05, 0) is 29.8 Å². The van der Waals surface area contributed by atoms with Crippen LogP contribution >= 0.6 is 38.9 Å². The van der Waals surface area contributed by atoms with Gasteiger partial charge in [0.05, 0.1) is 12.1 Å². The molecule has 1 aromatic heterocycles. The SMILES string of the molecule is O=C(COC(=O)Cc1ccc(Cl)cc1)Nc1nc(-c2cccc(Br)c2)cs1. The number of nitrogens with zero attached hydrogens (tertiary/aromatic N) is 1. The molecule has 5 nitrogen and oxygen atoms in total. The number of hydrogen-bond donors (Lipinski definition) is 1. The molecule has 138 valence electrons. The summed E-state index contributed by atoms with van der Waals surface area (Å²) in [4.78, 5) is 28.2. The summed E-state index contributed by atoms with van der Waals surface area (Å²) >= 11 is 10.5. The molecule has 0 bridgehead atoms. The molecule has 3 rings (SSSR count). The van der Waals surface area contributed by atoms with Crippen LogP contribution in [0.25, 0.3) is 11.3 Å². The summed E-state index contributed by atoms with van der Waals surface area (Å²) in [6.07, 6.45) is 0.0781. The molecule has 0 saturated heterocycles. The van der Waals surface area contributed by atoms with Crippen LogP contribution in [-0.2, 0) is 20.7 Å². The Morgan fingerprint density at radius 1 is 1.19 bits per heavy atom. The highest BCUT2D eigenvalue weighted by molar-refractivity contribution is 9.10. The molecule has 1 heterocycles. The maximum atomic E-state index is 12.0. The highest BCUT2D eigenvalue weighted by atomic mass is 79.9. The number of benzene rings is 2. The zero-order valence-electron chi connectivity index (χ0n) is 13.9.